The van der Waals surface area contributed by atoms with Crippen LogP contribution in [0.3, 0.4) is 0 Å². The van der Waals surface area contributed by atoms with E-state index in [0.29, 0.717) is 5.69 Å². The first-order chi connectivity index (χ1) is 12.2. The number of amides is 1. The van der Waals surface area contributed by atoms with Gasteiger partial charge in [-0.2, -0.15) is 0 Å². The summed E-state index contributed by atoms with van der Waals surface area (Å²) in [6, 6.07) is 8.16. The van der Waals surface area contributed by atoms with Gasteiger partial charge in [0.05, 0.1) is 6.04 Å². The van der Waals surface area contributed by atoms with Crippen molar-refractivity contribution in [1.29, 1.82) is 0 Å². The highest BCUT2D eigenvalue weighted by atomic mass is 16.2. The summed E-state index contributed by atoms with van der Waals surface area (Å²) in [6.45, 7) is 2.81. The van der Waals surface area contributed by atoms with Crippen LogP contribution >= 0.6 is 0 Å². The molecule has 25 heavy (non-hydrogen) atoms. The molecule has 5 nitrogen and oxygen atoms in total. The molecule has 1 atom stereocenters. The number of rotatable bonds is 2. The summed E-state index contributed by atoms with van der Waals surface area (Å²) >= 11 is 0. The second-order valence-electron chi connectivity index (χ2n) is 6.74. The molecule has 1 saturated heterocycles. The van der Waals surface area contributed by atoms with E-state index in [9.17, 15) is 4.79 Å². The van der Waals surface area contributed by atoms with Gasteiger partial charge in [0.1, 0.15) is 11.3 Å². The van der Waals surface area contributed by atoms with E-state index in [1.807, 2.05) is 52.9 Å². The Bertz CT molecular complexity index is 887. The molecule has 0 spiro atoms. The quantitative estimate of drug-likeness (QED) is 0.716. The Morgan fingerprint density at radius 1 is 1.16 bits per heavy atom. The lowest BCUT2D eigenvalue weighted by Gasteiger charge is -2.29. The standard InChI is InChI=1S/C20H22N4O/c1-15-8-12-23-14-17(22-19(23)13-15)20(25)24-11-4-2-3-5-18(24)16-6-9-21-10-7-16/h6-10,12-14,18H,2-5,11H2,1H3. The maximum absolute atomic E-state index is 13.2. The lowest BCUT2D eigenvalue weighted by Crippen LogP contribution is -2.35. The predicted octanol–water partition coefficient (Wildman–Crippen LogP) is 3.80. The summed E-state index contributed by atoms with van der Waals surface area (Å²) in [7, 11) is 0. The van der Waals surface area contributed by atoms with E-state index in [4.69, 9.17) is 0 Å². The normalized spacial score (nSPS) is 18.3. The van der Waals surface area contributed by atoms with Crippen LogP contribution in [0.4, 0.5) is 0 Å². The number of carbonyl (C=O) groups is 1. The van der Waals surface area contributed by atoms with Crippen molar-refractivity contribution in [2.45, 2.75) is 38.6 Å². The van der Waals surface area contributed by atoms with Gasteiger partial charge in [-0.15, -0.1) is 0 Å². The van der Waals surface area contributed by atoms with Crippen LogP contribution in [0.25, 0.3) is 5.65 Å². The van der Waals surface area contributed by atoms with Gasteiger partial charge in [0.2, 0.25) is 0 Å². The molecule has 0 N–H and O–H groups in total. The minimum atomic E-state index is 0.0186. The van der Waals surface area contributed by atoms with E-state index in [0.717, 1.165) is 49.0 Å². The molecule has 3 aromatic rings. The van der Waals surface area contributed by atoms with Crippen LogP contribution in [0.1, 0.15) is 53.3 Å². The minimum Gasteiger partial charge on any atom is -0.330 e. The average Bonchev–Trinajstić information content (AvgIpc) is 2.90. The topological polar surface area (TPSA) is 50.5 Å². The number of fused-ring (bicyclic) bond motifs is 1. The molecule has 4 rings (SSSR count). The average molecular weight is 334 g/mol. The molecule has 5 heteroatoms. The molecular weight excluding hydrogens is 312 g/mol. The van der Waals surface area contributed by atoms with E-state index in [-0.39, 0.29) is 11.9 Å². The van der Waals surface area contributed by atoms with Crippen LogP contribution < -0.4 is 0 Å². The fraction of sp³-hybridized carbons (Fsp3) is 0.350. The fourth-order valence-electron chi connectivity index (χ4n) is 3.62. The van der Waals surface area contributed by atoms with E-state index in [1.165, 1.54) is 0 Å². The Morgan fingerprint density at radius 2 is 2.00 bits per heavy atom. The monoisotopic (exact) mass is 334 g/mol. The number of aromatic nitrogens is 3. The van der Waals surface area contributed by atoms with Crippen LogP contribution in [0.2, 0.25) is 0 Å². The summed E-state index contributed by atoms with van der Waals surface area (Å²) in [5.41, 5.74) is 3.64. The van der Waals surface area contributed by atoms with Crippen LogP contribution in [0.15, 0.2) is 49.1 Å². The van der Waals surface area contributed by atoms with Gasteiger partial charge in [0.15, 0.2) is 0 Å². The smallest absolute Gasteiger partial charge is 0.274 e. The SMILES string of the molecule is Cc1ccn2cc(C(=O)N3CCCCCC3c3ccncc3)nc2c1. The van der Waals surface area contributed by atoms with E-state index in [1.54, 1.807) is 12.4 Å². The van der Waals surface area contributed by atoms with Crippen LogP contribution in [0, 0.1) is 6.92 Å². The van der Waals surface area contributed by atoms with Gasteiger partial charge in [0.25, 0.3) is 5.91 Å². The number of aryl methyl sites for hydroxylation is 1. The zero-order valence-electron chi connectivity index (χ0n) is 14.4. The molecule has 1 amide bonds. The number of hydrogen-bond acceptors (Lipinski definition) is 3. The molecule has 1 unspecified atom stereocenters. The van der Waals surface area contributed by atoms with Crippen molar-refractivity contribution >= 4 is 11.6 Å². The highest BCUT2D eigenvalue weighted by molar-refractivity contribution is 5.93. The van der Waals surface area contributed by atoms with Crippen molar-refractivity contribution in [2.24, 2.45) is 0 Å². The Hall–Kier alpha value is -2.69. The summed E-state index contributed by atoms with van der Waals surface area (Å²) in [5.74, 6) is 0.0186. The number of carbonyl (C=O) groups excluding carboxylic acids is 1. The summed E-state index contributed by atoms with van der Waals surface area (Å²) < 4.78 is 1.92. The summed E-state index contributed by atoms with van der Waals surface area (Å²) in [6.07, 6.45) is 11.7. The molecule has 128 valence electrons. The van der Waals surface area contributed by atoms with Crippen molar-refractivity contribution in [3.8, 4) is 0 Å². The lowest BCUT2D eigenvalue weighted by atomic mass is 10.0. The van der Waals surface area contributed by atoms with E-state index in [2.05, 4.69) is 9.97 Å². The molecule has 4 heterocycles. The van der Waals surface area contributed by atoms with E-state index >= 15 is 0 Å². The molecule has 1 aliphatic rings. The number of likely N-dealkylation sites (tertiary alicyclic amines) is 1. The van der Waals surface area contributed by atoms with Gasteiger partial charge in [-0.25, -0.2) is 4.98 Å². The highest BCUT2D eigenvalue weighted by Gasteiger charge is 2.28. The maximum atomic E-state index is 13.2. The molecule has 1 aliphatic heterocycles. The van der Waals surface area contributed by atoms with Crippen molar-refractivity contribution in [2.75, 3.05) is 6.54 Å². The minimum absolute atomic E-state index is 0.0186. The Morgan fingerprint density at radius 3 is 2.84 bits per heavy atom. The Labute approximate surface area is 147 Å². The number of imidazole rings is 1. The zero-order chi connectivity index (χ0) is 17.2. The first-order valence-electron chi connectivity index (χ1n) is 8.88. The van der Waals surface area contributed by atoms with Crippen molar-refractivity contribution < 1.29 is 4.79 Å². The van der Waals surface area contributed by atoms with Gasteiger partial charge < -0.3 is 9.30 Å². The predicted molar refractivity (Wildman–Crippen MR) is 96.4 cm³/mol. The number of nitrogens with zero attached hydrogens (tertiary/aromatic N) is 4. The van der Waals surface area contributed by atoms with Gasteiger partial charge >= 0.3 is 0 Å². The molecule has 0 radical (unpaired) electrons. The first-order valence-corrected chi connectivity index (χ1v) is 8.88. The van der Waals surface area contributed by atoms with Crippen molar-refractivity contribution in [3.05, 3.63) is 65.9 Å². The molecule has 0 bridgehead atoms. The molecular formula is C20H22N4O. The maximum Gasteiger partial charge on any atom is 0.274 e. The first kappa shape index (κ1) is 15.8. The Kier molecular flexibility index (Phi) is 4.22. The summed E-state index contributed by atoms with van der Waals surface area (Å²) in [4.78, 5) is 23.9. The molecule has 3 aromatic heterocycles. The molecule has 0 saturated carbocycles. The van der Waals surface area contributed by atoms with Crippen LogP contribution in [0.5, 0.6) is 0 Å². The third-order valence-electron chi connectivity index (χ3n) is 4.94. The van der Waals surface area contributed by atoms with Gasteiger partial charge in [-0.1, -0.05) is 12.8 Å². The number of hydrogen-bond donors (Lipinski definition) is 0. The molecule has 0 aliphatic carbocycles. The van der Waals surface area contributed by atoms with Gasteiger partial charge in [-0.3, -0.25) is 9.78 Å². The third-order valence-corrected chi connectivity index (χ3v) is 4.94. The van der Waals surface area contributed by atoms with Crippen molar-refractivity contribution in [1.82, 2.24) is 19.3 Å². The lowest BCUT2D eigenvalue weighted by molar-refractivity contribution is 0.0675. The summed E-state index contributed by atoms with van der Waals surface area (Å²) in [5, 5.41) is 0. The van der Waals surface area contributed by atoms with Crippen LogP contribution in [-0.2, 0) is 0 Å². The third kappa shape index (κ3) is 3.14. The second-order valence-corrected chi connectivity index (χ2v) is 6.74. The largest absolute Gasteiger partial charge is 0.330 e. The number of pyridine rings is 2. The van der Waals surface area contributed by atoms with E-state index < -0.39 is 0 Å². The Balaban J connectivity index is 1.69. The van der Waals surface area contributed by atoms with Gasteiger partial charge in [-0.05, 0) is 55.2 Å². The fourth-order valence-corrected chi connectivity index (χ4v) is 3.62. The second kappa shape index (κ2) is 6.67. The van der Waals surface area contributed by atoms with Crippen molar-refractivity contribution in [3.63, 3.8) is 0 Å². The molecule has 1 fully saturated rings. The highest BCUT2D eigenvalue weighted by Crippen LogP contribution is 2.31. The van der Waals surface area contributed by atoms with Crippen LogP contribution in [-0.4, -0.2) is 31.7 Å². The zero-order valence-corrected chi connectivity index (χ0v) is 14.4. The molecule has 0 aromatic carbocycles. The van der Waals surface area contributed by atoms with Gasteiger partial charge in [0, 0.05) is 31.3 Å².